The van der Waals surface area contributed by atoms with Gasteiger partial charge in [-0.2, -0.15) is 0 Å². The van der Waals surface area contributed by atoms with Crippen LogP contribution in [0.5, 0.6) is 0 Å². The molecule has 0 aliphatic rings. The molecule has 0 aliphatic carbocycles. The van der Waals surface area contributed by atoms with Crippen molar-refractivity contribution in [2.45, 2.75) is 4.90 Å². The van der Waals surface area contributed by atoms with Crippen LogP contribution in [-0.4, -0.2) is 27.2 Å². The molecule has 4 nitrogen and oxygen atoms in total. The SMILES string of the molecule is COC(=O)CS(=O)(=O)c1cccc(Br)c1. The minimum atomic E-state index is -3.60. The fourth-order valence-corrected chi connectivity index (χ4v) is 2.70. The molecule has 0 N–H and O–H groups in total. The fourth-order valence-electron chi connectivity index (χ4n) is 0.958. The van der Waals surface area contributed by atoms with E-state index in [4.69, 9.17) is 0 Å². The molecule has 0 saturated heterocycles. The number of hydrogen-bond donors (Lipinski definition) is 0. The Labute approximate surface area is 96.3 Å². The monoisotopic (exact) mass is 292 g/mol. The third-order valence-corrected chi connectivity index (χ3v) is 3.77. The van der Waals surface area contributed by atoms with Gasteiger partial charge in [-0.05, 0) is 18.2 Å². The molecule has 0 atom stereocenters. The van der Waals surface area contributed by atoms with Crippen LogP contribution in [-0.2, 0) is 19.4 Å². The van der Waals surface area contributed by atoms with E-state index in [0.29, 0.717) is 4.47 Å². The van der Waals surface area contributed by atoms with Gasteiger partial charge < -0.3 is 4.74 Å². The lowest BCUT2D eigenvalue weighted by molar-refractivity contribution is -0.137. The Bertz CT molecular complexity index is 467. The van der Waals surface area contributed by atoms with E-state index in [9.17, 15) is 13.2 Å². The van der Waals surface area contributed by atoms with Gasteiger partial charge >= 0.3 is 5.97 Å². The topological polar surface area (TPSA) is 60.4 Å². The van der Waals surface area contributed by atoms with Gasteiger partial charge in [0.05, 0.1) is 12.0 Å². The van der Waals surface area contributed by atoms with Crippen LogP contribution in [0.25, 0.3) is 0 Å². The van der Waals surface area contributed by atoms with Gasteiger partial charge in [0.1, 0.15) is 0 Å². The average Bonchev–Trinajstić information content (AvgIpc) is 2.17. The molecule has 0 amide bonds. The van der Waals surface area contributed by atoms with Crippen molar-refractivity contribution in [3.8, 4) is 0 Å². The zero-order chi connectivity index (χ0) is 11.5. The summed E-state index contributed by atoms with van der Waals surface area (Å²) in [7, 11) is -2.45. The predicted octanol–water partition coefficient (Wildman–Crippen LogP) is 1.40. The van der Waals surface area contributed by atoms with Crippen molar-refractivity contribution in [3.63, 3.8) is 0 Å². The van der Waals surface area contributed by atoms with E-state index >= 15 is 0 Å². The number of benzene rings is 1. The van der Waals surface area contributed by atoms with Crippen molar-refractivity contribution in [1.82, 2.24) is 0 Å². The maximum absolute atomic E-state index is 11.6. The zero-order valence-corrected chi connectivity index (χ0v) is 10.3. The maximum atomic E-state index is 11.6. The Kier molecular flexibility index (Phi) is 3.87. The highest BCUT2D eigenvalue weighted by atomic mass is 79.9. The van der Waals surface area contributed by atoms with Crippen molar-refractivity contribution in [2.24, 2.45) is 0 Å². The summed E-state index contributed by atoms with van der Waals surface area (Å²) in [6.07, 6.45) is 0. The van der Waals surface area contributed by atoms with Crippen LogP contribution in [0.3, 0.4) is 0 Å². The fraction of sp³-hybridized carbons (Fsp3) is 0.222. The van der Waals surface area contributed by atoms with E-state index in [1.165, 1.54) is 12.1 Å². The first-order valence-corrected chi connectivity index (χ1v) is 6.45. The molecule has 1 aromatic carbocycles. The molecule has 0 aromatic heterocycles. The van der Waals surface area contributed by atoms with Gasteiger partial charge in [-0.1, -0.05) is 22.0 Å². The Morgan fingerprint density at radius 1 is 1.47 bits per heavy atom. The van der Waals surface area contributed by atoms with E-state index in [1.54, 1.807) is 12.1 Å². The number of halogens is 1. The molecular formula is C9H9BrO4S. The molecule has 0 fully saturated rings. The van der Waals surface area contributed by atoms with Crippen molar-refractivity contribution in [3.05, 3.63) is 28.7 Å². The lowest BCUT2D eigenvalue weighted by atomic mass is 10.4. The molecule has 82 valence electrons. The lowest BCUT2D eigenvalue weighted by Crippen LogP contribution is -2.17. The van der Waals surface area contributed by atoms with Gasteiger partial charge in [0.15, 0.2) is 15.6 Å². The van der Waals surface area contributed by atoms with E-state index in [0.717, 1.165) is 7.11 Å². The predicted molar refractivity (Wildman–Crippen MR) is 58.2 cm³/mol. The van der Waals surface area contributed by atoms with Crippen molar-refractivity contribution in [1.29, 1.82) is 0 Å². The minimum absolute atomic E-state index is 0.0993. The van der Waals surface area contributed by atoms with Crippen LogP contribution in [0, 0.1) is 0 Å². The number of esters is 1. The molecule has 0 aliphatic heterocycles. The molecule has 0 radical (unpaired) electrons. The maximum Gasteiger partial charge on any atom is 0.321 e. The van der Waals surface area contributed by atoms with Crippen LogP contribution in [0.1, 0.15) is 0 Å². The second-order valence-corrected chi connectivity index (χ2v) is 5.70. The van der Waals surface area contributed by atoms with Gasteiger partial charge in [-0.3, -0.25) is 4.79 Å². The quantitative estimate of drug-likeness (QED) is 0.790. The normalized spacial score (nSPS) is 11.1. The number of rotatable bonds is 3. The third kappa shape index (κ3) is 3.32. The first-order chi connectivity index (χ1) is 6.95. The Morgan fingerprint density at radius 3 is 2.67 bits per heavy atom. The summed E-state index contributed by atoms with van der Waals surface area (Å²) in [5.74, 6) is -1.41. The van der Waals surface area contributed by atoms with E-state index in [1.807, 2.05) is 0 Å². The molecule has 0 bridgehead atoms. The Balaban J connectivity index is 3.01. The van der Waals surface area contributed by atoms with E-state index < -0.39 is 21.6 Å². The molecule has 0 saturated carbocycles. The highest BCUT2D eigenvalue weighted by molar-refractivity contribution is 9.10. The number of hydrogen-bond acceptors (Lipinski definition) is 4. The summed E-state index contributed by atoms with van der Waals surface area (Å²) < 4.78 is 28.2. The number of methoxy groups -OCH3 is 1. The number of carbonyl (C=O) groups is 1. The first-order valence-electron chi connectivity index (χ1n) is 4.01. The Morgan fingerprint density at radius 2 is 2.13 bits per heavy atom. The lowest BCUT2D eigenvalue weighted by Gasteiger charge is -2.03. The van der Waals surface area contributed by atoms with Crippen molar-refractivity contribution < 1.29 is 17.9 Å². The van der Waals surface area contributed by atoms with Crippen molar-refractivity contribution in [2.75, 3.05) is 12.9 Å². The minimum Gasteiger partial charge on any atom is -0.468 e. The van der Waals surface area contributed by atoms with Crippen LogP contribution < -0.4 is 0 Å². The molecule has 0 spiro atoms. The highest BCUT2D eigenvalue weighted by Gasteiger charge is 2.19. The smallest absolute Gasteiger partial charge is 0.321 e. The van der Waals surface area contributed by atoms with Crippen LogP contribution in [0.2, 0.25) is 0 Å². The Hall–Kier alpha value is -0.880. The van der Waals surface area contributed by atoms with Gasteiger partial charge in [0, 0.05) is 4.47 Å². The van der Waals surface area contributed by atoms with Gasteiger partial charge in [-0.15, -0.1) is 0 Å². The third-order valence-electron chi connectivity index (χ3n) is 1.69. The van der Waals surface area contributed by atoms with Crippen LogP contribution >= 0.6 is 15.9 Å². The largest absolute Gasteiger partial charge is 0.468 e. The van der Waals surface area contributed by atoms with Crippen molar-refractivity contribution >= 4 is 31.7 Å². The van der Waals surface area contributed by atoms with Gasteiger partial charge in [0.2, 0.25) is 0 Å². The summed E-state index contributed by atoms with van der Waals surface area (Å²) in [6, 6.07) is 6.17. The molecule has 0 heterocycles. The number of sulfone groups is 1. The summed E-state index contributed by atoms with van der Waals surface area (Å²) in [4.78, 5) is 11.0. The molecule has 6 heteroatoms. The van der Waals surface area contributed by atoms with Crippen LogP contribution in [0.4, 0.5) is 0 Å². The summed E-state index contributed by atoms with van der Waals surface area (Å²) in [5, 5.41) is 0. The zero-order valence-electron chi connectivity index (χ0n) is 7.94. The summed E-state index contributed by atoms with van der Waals surface area (Å²) in [6.45, 7) is 0. The average molecular weight is 293 g/mol. The molecular weight excluding hydrogens is 284 g/mol. The standard InChI is InChI=1S/C9H9BrO4S/c1-14-9(11)6-15(12,13)8-4-2-3-7(10)5-8/h2-5H,6H2,1H3. The number of carbonyl (C=O) groups excluding carboxylic acids is 1. The molecule has 0 unspecified atom stereocenters. The van der Waals surface area contributed by atoms with Crippen LogP contribution in [0.15, 0.2) is 33.6 Å². The van der Waals surface area contributed by atoms with Gasteiger partial charge in [-0.25, -0.2) is 8.42 Å². The summed E-state index contributed by atoms with van der Waals surface area (Å²) >= 11 is 3.16. The van der Waals surface area contributed by atoms with E-state index in [2.05, 4.69) is 20.7 Å². The molecule has 1 aromatic rings. The molecule has 15 heavy (non-hydrogen) atoms. The summed E-state index contributed by atoms with van der Waals surface area (Å²) in [5.41, 5.74) is 0. The first kappa shape index (κ1) is 12.2. The highest BCUT2D eigenvalue weighted by Crippen LogP contribution is 2.17. The van der Waals surface area contributed by atoms with Gasteiger partial charge in [0.25, 0.3) is 0 Å². The van der Waals surface area contributed by atoms with E-state index in [-0.39, 0.29) is 4.90 Å². The molecule has 1 rings (SSSR count). The number of ether oxygens (including phenoxy) is 1. The second kappa shape index (κ2) is 4.76. The second-order valence-electron chi connectivity index (χ2n) is 2.79.